The predicted molar refractivity (Wildman–Crippen MR) is 108 cm³/mol. The fourth-order valence-electron chi connectivity index (χ4n) is 2.77. The van der Waals surface area contributed by atoms with Crippen molar-refractivity contribution in [2.75, 3.05) is 21.2 Å². The number of ether oxygens (including phenoxy) is 1. The van der Waals surface area contributed by atoms with Gasteiger partial charge in [0.15, 0.2) is 11.6 Å². The normalized spacial score (nSPS) is 10.3. The highest BCUT2D eigenvalue weighted by molar-refractivity contribution is 5.85. The van der Waals surface area contributed by atoms with Crippen LogP contribution < -0.4 is 4.74 Å². The summed E-state index contributed by atoms with van der Waals surface area (Å²) in [5, 5.41) is 13.7. The topological polar surface area (TPSA) is 67.0 Å². The lowest BCUT2D eigenvalue weighted by molar-refractivity contribution is 0.402. The van der Waals surface area contributed by atoms with Crippen LogP contribution in [0.3, 0.4) is 0 Å². The summed E-state index contributed by atoms with van der Waals surface area (Å²) in [6.07, 6.45) is 0. The molecule has 2 aromatic carbocycles. The highest BCUT2D eigenvalue weighted by Crippen LogP contribution is 2.25. The lowest BCUT2D eigenvalue weighted by Gasteiger charge is -2.09. The van der Waals surface area contributed by atoms with Gasteiger partial charge < -0.3 is 9.64 Å². The monoisotopic (exact) mass is 383 g/mol. The summed E-state index contributed by atoms with van der Waals surface area (Å²) >= 11 is 0. The van der Waals surface area contributed by atoms with E-state index >= 15 is 0 Å². The number of nitrogens with zero attached hydrogens (tertiary/aromatic N) is 5. The van der Waals surface area contributed by atoms with E-state index in [1.165, 1.54) is 5.56 Å². The first kappa shape index (κ1) is 20.4. The molecule has 0 fully saturated rings. The minimum atomic E-state index is 0. The van der Waals surface area contributed by atoms with E-state index in [4.69, 9.17) is 15.0 Å². The molecule has 1 heterocycles. The average molecular weight is 384 g/mol. The highest BCUT2D eigenvalue weighted by atomic mass is 35.5. The molecular weight excluding hydrogens is 362 g/mol. The van der Waals surface area contributed by atoms with Gasteiger partial charge in [0, 0.05) is 17.7 Å². The third kappa shape index (κ3) is 4.85. The Labute approximate surface area is 165 Å². The maximum absolute atomic E-state index is 9.13. The summed E-state index contributed by atoms with van der Waals surface area (Å²) in [5.74, 6) is 2.06. The van der Waals surface area contributed by atoms with Gasteiger partial charge in [-0.15, -0.1) is 17.5 Å². The molecule has 0 bridgehead atoms. The molecule has 0 radical (unpaired) electrons. The number of hydrogen-bond donors (Lipinski definition) is 0. The van der Waals surface area contributed by atoms with Gasteiger partial charge in [0.2, 0.25) is 0 Å². The van der Waals surface area contributed by atoms with Crippen molar-refractivity contribution in [2.24, 2.45) is 0 Å². The van der Waals surface area contributed by atoms with E-state index in [0.29, 0.717) is 11.6 Å². The maximum Gasteiger partial charge on any atom is 0.181 e. The first-order valence-electron chi connectivity index (χ1n) is 8.31. The maximum atomic E-state index is 9.13. The van der Waals surface area contributed by atoms with Crippen molar-refractivity contribution in [3.63, 3.8) is 0 Å². The van der Waals surface area contributed by atoms with Crippen LogP contribution >= 0.6 is 12.4 Å². The summed E-state index contributed by atoms with van der Waals surface area (Å²) in [7, 11) is 5.70. The molecule has 0 spiro atoms. The SMILES string of the molecule is COc1ccc(-c2nc(-c3cccc(CN(C)C)c3)nn2CC#N)cc1.Cl. The second kappa shape index (κ2) is 9.17. The summed E-state index contributed by atoms with van der Waals surface area (Å²) in [6, 6.07) is 17.9. The van der Waals surface area contributed by atoms with Crippen molar-refractivity contribution >= 4 is 12.4 Å². The van der Waals surface area contributed by atoms with Gasteiger partial charge in [-0.1, -0.05) is 18.2 Å². The van der Waals surface area contributed by atoms with Gasteiger partial charge in [0.1, 0.15) is 12.3 Å². The van der Waals surface area contributed by atoms with Crippen LogP contribution in [0.25, 0.3) is 22.8 Å². The second-order valence-electron chi connectivity index (χ2n) is 6.24. The zero-order valence-corrected chi connectivity index (χ0v) is 16.4. The Morgan fingerprint density at radius 1 is 1.11 bits per heavy atom. The molecule has 3 aromatic rings. The van der Waals surface area contributed by atoms with Crippen LogP contribution in [0.4, 0.5) is 0 Å². The molecule has 0 unspecified atom stereocenters. The average Bonchev–Trinajstić information content (AvgIpc) is 3.06. The standard InChI is InChI=1S/C20H21N5O.ClH/c1-24(2)14-15-5-4-6-17(13-15)19-22-20(25(23-19)12-11-21)16-7-9-18(26-3)10-8-16;/h4-10,13H,12,14H2,1-3H3;1H. The molecular formula is C20H22ClN5O. The minimum Gasteiger partial charge on any atom is -0.497 e. The van der Waals surface area contributed by atoms with Crippen LogP contribution in [-0.2, 0) is 13.1 Å². The fraction of sp³-hybridized carbons (Fsp3) is 0.250. The molecule has 0 amide bonds. The van der Waals surface area contributed by atoms with Crippen molar-refractivity contribution < 1.29 is 4.74 Å². The van der Waals surface area contributed by atoms with Gasteiger partial charge in [0.05, 0.1) is 13.2 Å². The molecule has 0 saturated carbocycles. The minimum absolute atomic E-state index is 0. The molecule has 140 valence electrons. The third-order valence-electron chi connectivity index (χ3n) is 3.92. The Morgan fingerprint density at radius 3 is 2.48 bits per heavy atom. The Morgan fingerprint density at radius 2 is 1.85 bits per heavy atom. The first-order chi connectivity index (χ1) is 12.6. The zero-order chi connectivity index (χ0) is 18.5. The van der Waals surface area contributed by atoms with Crippen molar-refractivity contribution in [3.05, 3.63) is 54.1 Å². The predicted octanol–water partition coefficient (Wildman–Crippen LogP) is 3.63. The van der Waals surface area contributed by atoms with Crippen LogP contribution in [-0.4, -0.2) is 40.9 Å². The highest BCUT2D eigenvalue weighted by Gasteiger charge is 2.14. The first-order valence-corrected chi connectivity index (χ1v) is 8.31. The van der Waals surface area contributed by atoms with Crippen molar-refractivity contribution in [1.29, 1.82) is 5.26 Å². The largest absolute Gasteiger partial charge is 0.497 e. The number of rotatable bonds is 6. The van der Waals surface area contributed by atoms with E-state index in [-0.39, 0.29) is 19.0 Å². The van der Waals surface area contributed by atoms with Crippen LogP contribution in [0.15, 0.2) is 48.5 Å². The molecule has 0 aliphatic rings. The Balaban J connectivity index is 0.00000261. The molecule has 3 rings (SSSR count). The van der Waals surface area contributed by atoms with Gasteiger partial charge >= 0.3 is 0 Å². The molecule has 0 N–H and O–H groups in total. The van der Waals surface area contributed by atoms with E-state index in [0.717, 1.165) is 23.4 Å². The van der Waals surface area contributed by atoms with Crippen LogP contribution in [0.1, 0.15) is 5.56 Å². The van der Waals surface area contributed by atoms with Crippen LogP contribution in [0, 0.1) is 11.3 Å². The third-order valence-corrected chi connectivity index (χ3v) is 3.92. The van der Waals surface area contributed by atoms with E-state index in [1.807, 2.05) is 50.5 Å². The fourth-order valence-corrected chi connectivity index (χ4v) is 2.77. The smallest absolute Gasteiger partial charge is 0.181 e. The van der Waals surface area contributed by atoms with Crippen molar-refractivity contribution in [1.82, 2.24) is 19.7 Å². The van der Waals surface area contributed by atoms with Crippen molar-refractivity contribution in [2.45, 2.75) is 13.1 Å². The summed E-state index contributed by atoms with van der Waals surface area (Å²) in [5.41, 5.74) is 3.02. The lowest BCUT2D eigenvalue weighted by atomic mass is 10.1. The molecule has 27 heavy (non-hydrogen) atoms. The molecule has 7 heteroatoms. The van der Waals surface area contributed by atoms with Gasteiger partial charge in [0.25, 0.3) is 0 Å². The molecule has 0 saturated heterocycles. The summed E-state index contributed by atoms with van der Waals surface area (Å²) in [6.45, 7) is 0.990. The Bertz CT molecular complexity index is 928. The Kier molecular flexibility index (Phi) is 6.94. The van der Waals surface area contributed by atoms with Gasteiger partial charge in [-0.2, -0.15) is 5.26 Å². The molecule has 0 aliphatic carbocycles. The molecule has 1 aromatic heterocycles. The molecule has 0 atom stereocenters. The molecule has 0 aliphatic heterocycles. The van der Waals surface area contributed by atoms with E-state index in [1.54, 1.807) is 11.8 Å². The number of aromatic nitrogens is 3. The van der Waals surface area contributed by atoms with Crippen molar-refractivity contribution in [3.8, 4) is 34.6 Å². The van der Waals surface area contributed by atoms with Crippen LogP contribution in [0.2, 0.25) is 0 Å². The number of benzene rings is 2. The van der Waals surface area contributed by atoms with Gasteiger partial charge in [-0.3, -0.25) is 0 Å². The number of halogens is 1. The number of methoxy groups -OCH3 is 1. The van der Waals surface area contributed by atoms with Crippen LogP contribution in [0.5, 0.6) is 5.75 Å². The van der Waals surface area contributed by atoms with E-state index in [9.17, 15) is 0 Å². The van der Waals surface area contributed by atoms with E-state index < -0.39 is 0 Å². The Hall–Kier alpha value is -2.88. The summed E-state index contributed by atoms with van der Waals surface area (Å²) in [4.78, 5) is 6.81. The molecule has 6 nitrogen and oxygen atoms in total. The quantitative estimate of drug-likeness (QED) is 0.650. The lowest BCUT2D eigenvalue weighted by Crippen LogP contribution is -2.10. The zero-order valence-electron chi connectivity index (χ0n) is 15.6. The number of nitriles is 1. The van der Waals surface area contributed by atoms with Gasteiger partial charge in [-0.25, -0.2) is 9.67 Å². The number of hydrogen-bond acceptors (Lipinski definition) is 5. The second-order valence-corrected chi connectivity index (χ2v) is 6.24. The van der Waals surface area contributed by atoms with E-state index in [2.05, 4.69) is 28.2 Å². The van der Waals surface area contributed by atoms with Gasteiger partial charge in [-0.05, 0) is 50.0 Å². The summed E-state index contributed by atoms with van der Waals surface area (Å²) < 4.78 is 6.84.